The number of aryl methyl sites for hydroxylation is 3. The van der Waals surface area contributed by atoms with Gasteiger partial charge in [-0.2, -0.15) is 5.10 Å². The Balaban J connectivity index is 1.68. The third-order valence-electron chi connectivity index (χ3n) is 3.59. The molecule has 0 saturated carbocycles. The largest absolute Gasteiger partial charge is 0.377 e. The summed E-state index contributed by atoms with van der Waals surface area (Å²) in [5.41, 5.74) is 3.34. The second-order valence-electron chi connectivity index (χ2n) is 5.40. The van der Waals surface area contributed by atoms with E-state index in [0.29, 0.717) is 19.0 Å². The summed E-state index contributed by atoms with van der Waals surface area (Å²) >= 11 is 0. The molecule has 1 N–H and O–H groups in total. The molecule has 0 bridgehead atoms. The second-order valence-corrected chi connectivity index (χ2v) is 5.40. The van der Waals surface area contributed by atoms with Gasteiger partial charge in [-0.1, -0.05) is 0 Å². The van der Waals surface area contributed by atoms with Crippen LogP contribution in [0.15, 0.2) is 12.1 Å². The van der Waals surface area contributed by atoms with E-state index in [0.717, 1.165) is 30.2 Å². The van der Waals surface area contributed by atoms with Gasteiger partial charge in [0.25, 0.3) is 0 Å². The zero-order chi connectivity index (χ0) is 14.7. The fourth-order valence-corrected chi connectivity index (χ4v) is 2.66. The van der Waals surface area contributed by atoms with Gasteiger partial charge in [0, 0.05) is 31.1 Å². The molecule has 112 valence electrons. The maximum Gasteiger partial charge on any atom is 0.156 e. The van der Waals surface area contributed by atoms with Crippen molar-refractivity contribution < 1.29 is 4.74 Å². The Kier molecular flexibility index (Phi) is 4.15. The first-order valence-electron chi connectivity index (χ1n) is 7.37. The molecule has 21 heavy (non-hydrogen) atoms. The Labute approximate surface area is 124 Å². The summed E-state index contributed by atoms with van der Waals surface area (Å²) in [7, 11) is 1.65. The third kappa shape index (κ3) is 3.39. The number of hydrogen-bond donors (Lipinski definition) is 1. The zero-order valence-corrected chi connectivity index (χ0v) is 12.6. The van der Waals surface area contributed by atoms with Gasteiger partial charge in [-0.05, 0) is 32.3 Å². The topological polar surface area (TPSA) is 64.9 Å². The summed E-state index contributed by atoms with van der Waals surface area (Å²) in [4.78, 5) is 8.77. The normalized spacial score (nSPS) is 14.0. The van der Waals surface area contributed by atoms with Crippen LogP contribution in [0.4, 0.5) is 5.82 Å². The Hall–Kier alpha value is -1.95. The fraction of sp³-hybridized carbons (Fsp3) is 0.533. The van der Waals surface area contributed by atoms with E-state index >= 15 is 0 Å². The van der Waals surface area contributed by atoms with Crippen molar-refractivity contribution in [2.24, 2.45) is 0 Å². The first kappa shape index (κ1) is 14.0. The SMILES string of the molecule is COCc1nc(C)cc(NCc2cc3n(n2)CCCC3)n1. The summed E-state index contributed by atoms with van der Waals surface area (Å²) < 4.78 is 7.21. The number of nitrogens with zero attached hydrogens (tertiary/aromatic N) is 4. The minimum Gasteiger partial charge on any atom is -0.377 e. The molecule has 6 heteroatoms. The van der Waals surface area contributed by atoms with E-state index in [4.69, 9.17) is 4.74 Å². The van der Waals surface area contributed by atoms with E-state index in [1.165, 1.54) is 18.5 Å². The number of fused-ring (bicyclic) bond motifs is 1. The lowest BCUT2D eigenvalue weighted by molar-refractivity contribution is 0.177. The predicted octanol–water partition coefficient (Wildman–Crippen LogP) is 2.08. The Morgan fingerprint density at radius 1 is 1.29 bits per heavy atom. The third-order valence-corrected chi connectivity index (χ3v) is 3.59. The van der Waals surface area contributed by atoms with Crippen molar-refractivity contribution in [2.45, 2.75) is 45.9 Å². The predicted molar refractivity (Wildman–Crippen MR) is 80.0 cm³/mol. The van der Waals surface area contributed by atoms with Crippen LogP contribution in [0, 0.1) is 6.92 Å². The summed E-state index contributed by atoms with van der Waals surface area (Å²) in [6.45, 7) is 4.11. The van der Waals surface area contributed by atoms with Gasteiger partial charge < -0.3 is 10.1 Å². The smallest absolute Gasteiger partial charge is 0.156 e. The highest BCUT2D eigenvalue weighted by molar-refractivity contribution is 5.36. The second kappa shape index (κ2) is 6.22. The van der Waals surface area contributed by atoms with E-state index in [1.807, 2.05) is 13.0 Å². The van der Waals surface area contributed by atoms with Crippen LogP contribution in [0.1, 0.15) is 35.7 Å². The molecule has 1 aliphatic heterocycles. The average molecular weight is 287 g/mol. The van der Waals surface area contributed by atoms with Crippen molar-refractivity contribution in [3.63, 3.8) is 0 Å². The monoisotopic (exact) mass is 287 g/mol. The van der Waals surface area contributed by atoms with E-state index < -0.39 is 0 Å². The standard InChI is InChI=1S/C15H21N5O/c1-11-7-14(18-15(17-11)10-21-2)16-9-12-8-13-5-3-4-6-20(13)19-12/h7-8H,3-6,9-10H2,1-2H3,(H,16,17,18). The van der Waals surface area contributed by atoms with Crippen molar-refractivity contribution >= 4 is 5.82 Å². The lowest BCUT2D eigenvalue weighted by Gasteiger charge is -2.11. The molecule has 2 aromatic rings. The highest BCUT2D eigenvalue weighted by atomic mass is 16.5. The molecule has 0 saturated heterocycles. The maximum absolute atomic E-state index is 5.09. The highest BCUT2D eigenvalue weighted by Crippen LogP contribution is 2.16. The van der Waals surface area contributed by atoms with Gasteiger partial charge in [0.15, 0.2) is 5.82 Å². The number of aromatic nitrogens is 4. The first-order chi connectivity index (χ1) is 10.2. The van der Waals surface area contributed by atoms with Crippen LogP contribution in [0.5, 0.6) is 0 Å². The number of methoxy groups -OCH3 is 1. The van der Waals surface area contributed by atoms with E-state index in [-0.39, 0.29) is 0 Å². The van der Waals surface area contributed by atoms with Gasteiger partial charge in [0.05, 0.1) is 12.2 Å². The number of ether oxygens (including phenoxy) is 1. The zero-order valence-electron chi connectivity index (χ0n) is 12.6. The van der Waals surface area contributed by atoms with Crippen LogP contribution in [-0.4, -0.2) is 26.9 Å². The van der Waals surface area contributed by atoms with Gasteiger partial charge in [-0.25, -0.2) is 9.97 Å². The Morgan fingerprint density at radius 3 is 3.00 bits per heavy atom. The summed E-state index contributed by atoms with van der Waals surface area (Å²) in [6, 6.07) is 4.13. The minimum atomic E-state index is 0.426. The molecule has 3 heterocycles. The van der Waals surface area contributed by atoms with Gasteiger partial charge in [0.1, 0.15) is 12.4 Å². The van der Waals surface area contributed by atoms with Gasteiger partial charge in [-0.3, -0.25) is 4.68 Å². The first-order valence-corrected chi connectivity index (χ1v) is 7.37. The molecule has 0 aliphatic carbocycles. The van der Waals surface area contributed by atoms with Gasteiger partial charge >= 0.3 is 0 Å². The van der Waals surface area contributed by atoms with Gasteiger partial charge in [0.2, 0.25) is 0 Å². The van der Waals surface area contributed by atoms with E-state index in [9.17, 15) is 0 Å². The molecule has 0 spiro atoms. The van der Waals surface area contributed by atoms with Crippen molar-refractivity contribution in [3.8, 4) is 0 Å². The molecule has 1 aliphatic rings. The van der Waals surface area contributed by atoms with Crippen LogP contribution >= 0.6 is 0 Å². The van der Waals surface area contributed by atoms with Crippen LogP contribution in [-0.2, 0) is 30.9 Å². The summed E-state index contributed by atoms with van der Waals surface area (Å²) in [5.74, 6) is 1.52. The fourth-order valence-electron chi connectivity index (χ4n) is 2.66. The molecule has 0 atom stereocenters. The van der Waals surface area contributed by atoms with Crippen molar-refractivity contribution in [1.82, 2.24) is 19.7 Å². The molecule has 3 rings (SSSR count). The quantitative estimate of drug-likeness (QED) is 0.912. The number of anilines is 1. The Bertz CT molecular complexity index is 599. The van der Waals surface area contributed by atoms with E-state index in [2.05, 4.69) is 31.1 Å². The minimum absolute atomic E-state index is 0.426. The molecule has 0 aromatic carbocycles. The molecule has 0 unspecified atom stereocenters. The van der Waals surface area contributed by atoms with Crippen molar-refractivity contribution in [2.75, 3.05) is 12.4 Å². The molecular weight excluding hydrogens is 266 g/mol. The van der Waals surface area contributed by atoms with Crippen LogP contribution < -0.4 is 5.32 Å². The molecule has 0 radical (unpaired) electrons. The number of nitrogens with one attached hydrogen (secondary N) is 1. The molecular formula is C15H21N5O. The molecule has 0 fully saturated rings. The highest BCUT2D eigenvalue weighted by Gasteiger charge is 2.12. The summed E-state index contributed by atoms with van der Waals surface area (Å²) in [5, 5.41) is 7.96. The van der Waals surface area contributed by atoms with Crippen LogP contribution in [0.2, 0.25) is 0 Å². The van der Waals surface area contributed by atoms with E-state index in [1.54, 1.807) is 7.11 Å². The maximum atomic E-state index is 5.09. The lowest BCUT2D eigenvalue weighted by Crippen LogP contribution is -2.11. The van der Waals surface area contributed by atoms with Crippen LogP contribution in [0.25, 0.3) is 0 Å². The summed E-state index contributed by atoms with van der Waals surface area (Å²) in [6.07, 6.45) is 3.63. The molecule has 0 amide bonds. The van der Waals surface area contributed by atoms with Crippen LogP contribution in [0.3, 0.4) is 0 Å². The van der Waals surface area contributed by atoms with Crippen molar-refractivity contribution in [3.05, 3.63) is 35.0 Å². The van der Waals surface area contributed by atoms with Crippen molar-refractivity contribution in [1.29, 1.82) is 0 Å². The number of rotatable bonds is 5. The number of hydrogen-bond acceptors (Lipinski definition) is 5. The average Bonchev–Trinajstić information content (AvgIpc) is 2.88. The Morgan fingerprint density at radius 2 is 2.19 bits per heavy atom. The molecule has 6 nitrogen and oxygen atoms in total. The van der Waals surface area contributed by atoms with Gasteiger partial charge in [-0.15, -0.1) is 0 Å². The molecule has 2 aromatic heterocycles. The lowest BCUT2D eigenvalue weighted by atomic mass is 10.1.